The van der Waals surface area contributed by atoms with Gasteiger partial charge in [0.15, 0.2) is 0 Å². The molecular formula is C8H14N4O. The topological polar surface area (TPSA) is 60.1 Å². The van der Waals surface area contributed by atoms with Gasteiger partial charge in [0.05, 0.1) is 6.54 Å². The van der Waals surface area contributed by atoms with E-state index >= 15 is 0 Å². The minimum absolute atomic E-state index is 0.131. The summed E-state index contributed by atoms with van der Waals surface area (Å²) in [5.41, 5.74) is -0.131. The van der Waals surface area contributed by atoms with Gasteiger partial charge in [-0.3, -0.25) is 4.68 Å². The van der Waals surface area contributed by atoms with Gasteiger partial charge in [-0.15, -0.1) is 0 Å². The van der Waals surface area contributed by atoms with Crippen molar-refractivity contribution >= 4 is 0 Å². The third kappa shape index (κ3) is 2.61. The van der Waals surface area contributed by atoms with Gasteiger partial charge in [-0.05, 0) is 5.41 Å². The summed E-state index contributed by atoms with van der Waals surface area (Å²) in [4.78, 5) is 14.4. The normalized spacial score (nSPS) is 14.1. The Hall–Kier alpha value is -1.26. The smallest absolute Gasteiger partial charge is 0.137 e. The predicted octanol–water partition coefficient (Wildman–Crippen LogP) is 1.46. The van der Waals surface area contributed by atoms with Gasteiger partial charge < -0.3 is 0 Å². The van der Waals surface area contributed by atoms with Crippen LogP contribution in [-0.4, -0.2) is 20.8 Å². The third-order valence-corrected chi connectivity index (χ3v) is 1.95. The minimum atomic E-state index is -0.269. The van der Waals surface area contributed by atoms with Gasteiger partial charge in [-0.25, -0.2) is 4.98 Å². The third-order valence-electron chi connectivity index (χ3n) is 1.95. The highest BCUT2D eigenvalue weighted by atomic mass is 16.3. The number of aromatic nitrogens is 3. The Morgan fingerprint density at radius 3 is 2.62 bits per heavy atom. The Morgan fingerprint density at radius 1 is 1.54 bits per heavy atom. The van der Waals surface area contributed by atoms with Crippen LogP contribution in [0.2, 0.25) is 0 Å². The lowest BCUT2D eigenvalue weighted by Crippen LogP contribution is -2.29. The van der Waals surface area contributed by atoms with Crippen molar-refractivity contribution in [2.45, 2.75) is 33.4 Å². The number of hydrogen-bond donors (Lipinski definition) is 0. The maximum atomic E-state index is 10.6. The monoisotopic (exact) mass is 182 g/mol. The number of hydrogen-bond acceptors (Lipinski definition) is 4. The summed E-state index contributed by atoms with van der Waals surface area (Å²) in [6.07, 6.45) is 3.04. The summed E-state index contributed by atoms with van der Waals surface area (Å²) in [7, 11) is 0. The van der Waals surface area contributed by atoms with Crippen molar-refractivity contribution in [3.8, 4) is 0 Å². The fourth-order valence-electron chi connectivity index (χ4n) is 0.970. The quantitative estimate of drug-likeness (QED) is 0.665. The van der Waals surface area contributed by atoms with Crippen LogP contribution >= 0.6 is 0 Å². The average Bonchev–Trinajstić information content (AvgIpc) is 2.49. The zero-order valence-electron chi connectivity index (χ0n) is 8.14. The molecule has 1 heterocycles. The highest BCUT2D eigenvalue weighted by Crippen LogP contribution is 2.23. The summed E-state index contributed by atoms with van der Waals surface area (Å²) in [6.45, 7) is 6.44. The van der Waals surface area contributed by atoms with Crippen LogP contribution in [0.4, 0.5) is 0 Å². The second kappa shape index (κ2) is 3.64. The second-order valence-corrected chi connectivity index (χ2v) is 4.10. The van der Waals surface area contributed by atoms with Crippen LogP contribution in [0.5, 0.6) is 0 Å². The molecular weight excluding hydrogens is 168 g/mol. The molecule has 1 aromatic heterocycles. The van der Waals surface area contributed by atoms with E-state index in [4.69, 9.17) is 0 Å². The fraction of sp³-hybridized carbons (Fsp3) is 0.750. The maximum absolute atomic E-state index is 10.6. The zero-order chi connectivity index (χ0) is 9.90. The van der Waals surface area contributed by atoms with Crippen molar-refractivity contribution in [3.05, 3.63) is 17.6 Å². The Labute approximate surface area is 77.1 Å². The molecule has 0 saturated heterocycles. The van der Waals surface area contributed by atoms with Crippen molar-refractivity contribution in [2.24, 2.45) is 10.6 Å². The van der Waals surface area contributed by atoms with E-state index in [1.54, 1.807) is 11.0 Å². The molecule has 0 N–H and O–H groups in total. The largest absolute Gasteiger partial charge is 0.251 e. The Kier molecular flexibility index (Phi) is 2.75. The van der Waals surface area contributed by atoms with Crippen LogP contribution in [-0.2, 0) is 6.54 Å². The summed E-state index contributed by atoms with van der Waals surface area (Å²) in [6, 6.07) is -0.269. The Morgan fingerprint density at radius 2 is 2.23 bits per heavy atom. The first-order valence-electron chi connectivity index (χ1n) is 4.19. The van der Waals surface area contributed by atoms with Gasteiger partial charge in [0.1, 0.15) is 18.7 Å². The van der Waals surface area contributed by atoms with Crippen molar-refractivity contribution in [1.82, 2.24) is 14.8 Å². The zero-order valence-corrected chi connectivity index (χ0v) is 8.14. The second-order valence-electron chi connectivity index (χ2n) is 4.10. The van der Waals surface area contributed by atoms with E-state index in [9.17, 15) is 4.91 Å². The van der Waals surface area contributed by atoms with Crippen molar-refractivity contribution in [2.75, 3.05) is 0 Å². The van der Waals surface area contributed by atoms with Crippen LogP contribution in [0.3, 0.4) is 0 Å². The van der Waals surface area contributed by atoms with Gasteiger partial charge in [-0.1, -0.05) is 25.9 Å². The van der Waals surface area contributed by atoms with E-state index in [1.165, 1.54) is 6.33 Å². The van der Waals surface area contributed by atoms with Gasteiger partial charge in [0.25, 0.3) is 0 Å². The summed E-state index contributed by atoms with van der Waals surface area (Å²) in [5.74, 6) is 0. The molecule has 0 radical (unpaired) electrons. The molecule has 5 nitrogen and oxygen atoms in total. The van der Waals surface area contributed by atoms with E-state index in [1.807, 2.05) is 20.8 Å². The molecule has 13 heavy (non-hydrogen) atoms. The van der Waals surface area contributed by atoms with E-state index in [-0.39, 0.29) is 11.5 Å². The first-order chi connectivity index (χ1) is 6.04. The first kappa shape index (κ1) is 9.83. The molecule has 5 heteroatoms. The van der Waals surface area contributed by atoms with E-state index in [0.29, 0.717) is 6.54 Å². The molecule has 0 aromatic carbocycles. The average molecular weight is 182 g/mol. The lowest BCUT2D eigenvalue weighted by Gasteiger charge is -2.23. The van der Waals surface area contributed by atoms with Crippen LogP contribution < -0.4 is 0 Å². The molecule has 1 rings (SSSR count). The summed E-state index contributed by atoms with van der Waals surface area (Å²) < 4.78 is 1.62. The SMILES string of the molecule is CC(C)(C)C(Cn1cncn1)N=O. The summed E-state index contributed by atoms with van der Waals surface area (Å²) >= 11 is 0. The molecule has 0 fully saturated rings. The standard InChI is InChI=1S/C8H14N4O/c1-8(2,3)7(11-13)4-12-6-9-5-10-12/h5-7H,4H2,1-3H3. The van der Waals surface area contributed by atoms with Gasteiger partial charge in [0, 0.05) is 0 Å². The van der Waals surface area contributed by atoms with E-state index in [0.717, 1.165) is 0 Å². The molecule has 0 aliphatic rings. The Balaban J connectivity index is 2.66. The van der Waals surface area contributed by atoms with Crippen LogP contribution in [0.1, 0.15) is 20.8 Å². The lowest BCUT2D eigenvalue weighted by atomic mass is 9.87. The molecule has 1 unspecified atom stereocenters. The number of rotatable bonds is 3. The molecule has 1 atom stereocenters. The number of nitrogens with zero attached hydrogens (tertiary/aromatic N) is 4. The maximum Gasteiger partial charge on any atom is 0.137 e. The number of nitroso groups, excluding NO2 is 1. The molecule has 1 aromatic rings. The highest BCUT2D eigenvalue weighted by molar-refractivity contribution is 4.80. The Bertz CT molecular complexity index is 262. The molecule has 72 valence electrons. The van der Waals surface area contributed by atoms with Crippen LogP contribution in [0.25, 0.3) is 0 Å². The molecule has 0 saturated carbocycles. The van der Waals surface area contributed by atoms with Gasteiger partial charge in [0.2, 0.25) is 0 Å². The molecule has 0 spiro atoms. The van der Waals surface area contributed by atoms with Gasteiger partial charge in [-0.2, -0.15) is 10.0 Å². The summed E-state index contributed by atoms with van der Waals surface area (Å²) in [5, 5.41) is 7.02. The predicted molar refractivity (Wildman–Crippen MR) is 49.1 cm³/mol. The molecule has 0 aliphatic heterocycles. The molecule has 0 bridgehead atoms. The van der Waals surface area contributed by atoms with Crippen molar-refractivity contribution in [3.63, 3.8) is 0 Å². The van der Waals surface area contributed by atoms with Crippen LogP contribution in [0.15, 0.2) is 17.8 Å². The highest BCUT2D eigenvalue weighted by Gasteiger charge is 2.26. The van der Waals surface area contributed by atoms with Crippen molar-refractivity contribution in [1.29, 1.82) is 0 Å². The lowest BCUT2D eigenvalue weighted by molar-refractivity contribution is 0.283. The van der Waals surface area contributed by atoms with Crippen LogP contribution in [0, 0.1) is 10.3 Å². The minimum Gasteiger partial charge on any atom is -0.251 e. The first-order valence-corrected chi connectivity index (χ1v) is 4.19. The van der Waals surface area contributed by atoms with E-state index in [2.05, 4.69) is 15.3 Å². The van der Waals surface area contributed by atoms with Gasteiger partial charge >= 0.3 is 0 Å². The van der Waals surface area contributed by atoms with Crippen molar-refractivity contribution < 1.29 is 0 Å². The molecule has 0 amide bonds. The fourth-order valence-corrected chi connectivity index (χ4v) is 0.970. The van der Waals surface area contributed by atoms with E-state index < -0.39 is 0 Å². The molecule has 0 aliphatic carbocycles.